The van der Waals surface area contributed by atoms with Crippen LogP contribution in [0.4, 0.5) is 0 Å². The van der Waals surface area contributed by atoms with Gasteiger partial charge in [0, 0.05) is 23.2 Å². The van der Waals surface area contributed by atoms with Crippen LogP contribution < -0.4 is 0 Å². The van der Waals surface area contributed by atoms with E-state index in [1.54, 1.807) is 29.2 Å². The van der Waals surface area contributed by atoms with Gasteiger partial charge >= 0.3 is 11.8 Å². The molecule has 0 radical (unpaired) electrons. The largest absolute Gasteiger partial charge is 0.412 e. The number of benzene rings is 2. The number of amides is 1. The quantitative estimate of drug-likeness (QED) is 0.678. The van der Waals surface area contributed by atoms with Crippen LogP contribution in [-0.4, -0.2) is 27.0 Å². The lowest BCUT2D eigenvalue weighted by Crippen LogP contribution is -2.36. The number of hydrogen-bond acceptors (Lipinski definition) is 4. The maximum atomic E-state index is 12.8. The second-order valence-electron chi connectivity index (χ2n) is 5.93. The molecule has 0 saturated carbocycles. The first-order valence-corrected chi connectivity index (χ1v) is 8.36. The molecule has 0 fully saturated rings. The van der Waals surface area contributed by atoms with Gasteiger partial charge in [0.05, 0.1) is 0 Å². The molecule has 1 aromatic heterocycles. The number of rotatable bonds is 5. The predicted octanol–water partition coefficient (Wildman–Crippen LogP) is 4.44. The molecule has 0 aliphatic heterocycles. The fourth-order valence-corrected chi connectivity index (χ4v) is 2.54. The van der Waals surface area contributed by atoms with Gasteiger partial charge < -0.3 is 9.32 Å². The standard InChI is InChI=1S/C19H18ClN3O2/c1-13(2)23(12-14-6-4-3-5-7-14)19(24)18-22-21-17(25-18)15-8-10-16(20)11-9-15/h3-11,13H,12H2,1-2H3. The summed E-state index contributed by atoms with van der Waals surface area (Å²) in [4.78, 5) is 14.5. The van der Waals surface area contributed by atoms with E-state index in [1.165, 1.54) is 0 Å². The van der Waals surface area contributed by atoms with Crippen LogP contribution in [-0.2, 0) is 6.54 Å². The van der Waals surface area contributed by atoms with E-state index in [1.807, 2.05) is 44.2 Å². The Bertz CT molecular complexity index is 845. The van der Waals surface area contributed by atoms with E-state index in [-0.39, 0.29) is 17.8 Å². The van der Waals surface area contributed by atoms with Crippen LogP contribution >= 0.6 is 11.6 Å². The van der Waals surface area contributed by atoms with E-state index in [2.05, 4.69) is 10.2 Å². The molecule has 0 spiro atoms. The van der Waals surface area contributed by atoms with Gasteiger partial charge in [0.2, 0.25) is 5.89 Å². The maximum Gasteiger partial charge on any atom is 0.311 e. The molecule has 1 heterocycles. The van der Waals surface area contributed by atoms with E-state index < -0.39 is 0 Å². The minimum absolute atomic E-state index is 0.00131. The van der Waals surface area contributed by atoms with Crippen molar-refractivity contribution in [1.29, 1.82) is 0 Å². The minimum Gasteiger partial charge on any atom is -0.412 e. The predicted molar refractivity (Wildman–Crippen MR) is 96.2 cm³/mol. The zero-order valence-electron chi connectivity index (χ0n) is 14.0. The molecule has 0 aliphatic rings. The third-order valence-corrected chi connectivity index (χ3v) is 4.03. The molecule has 0 atom stereocenters. The Balaban J connectivity index is 1.82. The van der Waals surface area contributed by atoms with Crippen LogP contribution in [0.25, 0.3) is 11.5 Å². The Kier molecular flexibility index (Phi) is 5.14. The second kappa shape index (κ2) is 7.49. The van der Waals surface area contributed by atoms with E-state index in [4.69, 9.17) is 16.0 Å². The van der Waals surface area contributed by atoms with E-state index in [0.717, 1.165) is 11.1 Å². The minimum atomic E-state index is -0.286. The Morgan fingerprint density at radius 3 is 2.40 bits per heavy atom. The zero-order valence-corrected chi connectivity index (χ0v) is 14.8. The van der Waals surface area contributed by atoms with Gasteiger partial charge in [-0.2, -0.15) is 0 Å². The van der Waals surface area contributed by atoms with E-state index in [0.29, 0.717) is 17.5 Å². The third kappa shape index (κ3) is 4.06. The molecule has 0 saturated heterocycles. The van der Waals surface area contributed by atoms with E-state index in [9.17, 15) is 4.79 Å². The maximum absolute atomic E-state index is 12.8. The van der Waals surface area contributed by atoms with Gasteiger partial charge in [0.25, 0.3) is 0 Å². The van der Waals surface area contributed by atoms with Gasteiger partial charge in [-0.3, -0.25) is 4.79 Å². The highest BCUT2D eigenvalue weighted by atomic mass is 35.5. The Labute approximate surface area is 151 Å². The lowest BCUT2D eigenvalue weighted by molar-refractivity contribution is 0.0650. The molecule has 0 unspecified atom stereocenters. The number of carbonyl (C=O) groups is 1. The first-order valence-electron chi connectivity index (χ1n) is 7.99. The zero-order chi connectivity index (χ0) is 17.8. The van der Waals surface area contributed by atoms with Crippen molar-refractivity contribution in [2.24, 2.45) is 0 Å². The second-order valence-corrected chi connectivity index (χ2v) is 6.37. The summed E-state index contributed by atoms with van der Waals surface area (Å²) in [6.07, 6.45) is 0. The molecule has 3 rings (SSSR count). The average molecular weight is 356 g/mol. The van der Waals surface area contributed by atoms with Crippen molar-refractivity contribution in [3.05, 3.63) is 71.1 Å². The Hall–Kier alpha value is -2.66. The summed E-state index contributed by atoms with van der Waals surface area (Å²) in [7, 11) is 0. The summed E-state index contributed by atoms with van der Waals surface area (Å²) in [5.74, 6) is -0.00965. The van der Waals surface area contributed by atoms with Crippen LogP contribution in [0.3, 0.4) is 0 Å². The van der Waals surface area contributed by atoms with Crippen molar-refractivity contribution in [3.63, 3.8) is 0 Å². The molecule has 0 N–H and O–H groups in total. The van der Waals surface area contributed by atoms with Crippen molar-refractivity contribution < 1.29 is 9.21 Å². The fourth-order valence-electron chi connectivity index (χ4n) is 2.41. The summed E-state index contributed by atoms with van der Waals surface area (Å²) in [5, 5.41) is 8.52. The number of halogens is 1. The highest BCUT2D eigenvalue weighted by Crippen LogP contribution is 2.21. The Morgan fingerprint density at radius 1 is 1.08 bits per heavy atom. The molecule has 5 nitrogen and oxygen atoms in total. The first-order chi connectivity index (χ1) is 12.0. The lowest BCUT2D eigenvalue weighted by atomic mass is 10.2. The van der Waals surface area contributed by atoms with Gasteiger partial charge in [-0.15, -0.1) is 10.2 Å². The summed E-state index contributed by atoms with van der Waals surface area (Å²) in [6.45, 7) is 4.39. The summed E-state index contributed by atoms with van der Waals surface area (Å²) >= 11 is 5.88. The van der Waals surface area contributed by atoms with Crippen molar-refractivity contribution in [2.45, 2.75) is 26.4 Å². The topological polar surface area (TPSA) is 59.2 Å². The van der Waals surface area contributed by atoms with Gasteiger partial charge in [-0.1, -0.05) is 41.9 Å². The molecule has 3 aromatic rings. The number of nitrogens with zero attached hydrogens (tertiary/aromatic N) is 3. The monoisotopic (exact) mass is 355 g/mol. The molecular weight excluding hydrogens is 338 g/mol. The number of hydrogen-bond donors (Lipinski definition) is 0. The number of aromatic nitrogens is 2. The lowest BCUT2D eigenvalue weighted by Gasteiger charge is -2.25. The van der Waals surface area contributed by atoms with Crippen LogP contribution in [0.2, 0.25) is 5.02 Å². The van der Waals surface area contributed by atoms with Gasteiger partial charge in [-0.05, 0) is 43.7 Å². The SMILES string of the molecule is CC(C)N(Cc1ccccc1)C(=O)c1nnc(-c2ccc(Cl)cc2)o1. The first kappa shape index (κ1) is 17.2. The molecule has 0 aliphatic carbocycles. The fraction of sp³-hybridized carbons (Fsp3) is 0.211. The summed E-state index contributed by atoms with van der Waals surface area (Å²) in [6, 6.07) is 16.8. The van der Waals surface area contributed by atoms with Crippen LogP contribution in [0.15, 0.2) is 59.0 Å². The highest BCUT2D eigenvalue weighted by Gasteiger charge is 2.24. The molecule has 25 heavy (non-hydrogen) atoms. The summed E-state index contributed by atoms with van der Waals surface area (Å²) < 4.78 is 5.58. The molecular formula is C19H18ClN3O2. The van der Waals surface area contributed by atoms with Crippen LogP contribution in [0.1, 0.15) is 30.1 Å². The van der Waals surface area contributed by atoms with Crippen LogP contribution in [0.5, 0.6) is 0 Å². The third-order valence-electron chi connectivity index (χ3n) is 3.78. The smallest absolute Gasteiger partial charge is 0.311 e. The van der Waals surface area contributed by atoms with Crippen molar-refractivity contribution in [1.82, 2.24) is 15.1 Å². The summed E-state index contributed by atoms with van der Waals surface area (Å²) in [5.41, 5.74) is 1.76. The molecule has 0 bridgehead atoms. The highest BCUT2D eigenvalue weighted by molar-refractivity contribution is 6.30. The van der Waals surface area contributed by atoms with Gasteiger partial charge in [-0.25, -0.2) is 0 Å². The molecule has 2 aromatic carbocycles. The van der Waals surface area contributed by atoms with Crippen molar-refractivity contribution in [2.75, 3.05) is 0 Å². The number of carbonyl (C=O) groups excluding carboxylic acids is 1. The normalized spacial score (nSPS) is 10.9. The molecule has 6 heteroatoms. The molecule has 1 amide bonds. The van der Waals surface area contributed by atoms with Crippen molar-refractivity contribution in [3.8, 4) is 11.5 Å². The Morgan fingerprint density at radius 2 is 1.76 bits per heavy atom. The van der Waals surface area contributed by atoms with Gasteiger partial charge in [0.1, 0.15) is 0 Å². The van der Waals surface area contributed by atoms with Crippen molar-refractivity contribution >= 4 is 17.5 Å². The molecule has 128 valence electrons. The average Bonchev–Trinajstić information content (AvgIpc) is 3.10. The van der Waals surface area contributed by atoms with E-state index >= 15 is 0 Å². The van der Waals surface area contributed by atoms with Gasteiger partial charge in [0.15, 0.2) is 0 Å². The van der Waals surface area contributed by atoms with Crippen LogP contribution in [0, 0.1) is 0 Å².